The molecule has 0 bridgehead atoms. The van der Waals surface area contributed by atoms with E-state index in [1.54, 1.807) is 0 Å². The molecule has 0 aromatic heterocycles. The summed E-state index contributed by atoms with van der Waals surface area (Å²) in [6, 6.07) is 0. The molecule has 6 nitrogen and oxygen atoms in total. The van der Waals surface area contributed by atoms with Crippen LogP contribution in [0.4, 0.5) is 0 Å². The van der Waals surface area contributed by atoms with Gasteiger partial charge in [0.25, 0.3) is 0 Å². The van der Waals surface area contributed by atoms with Gasteiger partial charge in [0.2, 0.25) is 0 Å². The van der Waals surface area contributed by atoms with Crippen LogP contribution in [0.1, 0.15) is 290 Å². The van der Waals surface area contributed by atoms with Crippen molar-refractivity contribution in [1.29, 1.82) is 0 Å². The van der Waals surface area contributed by atoms with E-state index in [1.165, 1.54) is 116 Å². The first-order valence-corrected chi connectivity index (χ1v) is 32.7. The maximum Gasteiger partial charge on any atom is 0.306 e. The Kier molecular flexibility index (Phi) is 62.3. The number of unbranched alkanes of at least 4 members (excludes halogenated alkanes) is 25. The van der Waals surface area contributed by atoms with E-state index in [2.05, 4.69) is 154 Å². The molecule has 0 aliphatic heterocycles. The summed E-state index contributed by atoms with van der Waals surface area (Å²) in [4.78, 5) is 38.3. The van der Waals surface area contributed by atoms with Crippen LogP contribution in [-0.4, -0.2) is 37.2 Å². The lowest BCUT2D eigenvalue weighted by Gasteiger charge is -2.18. The quantitative estimate of drug-likeness (QED) is 0.0261. The van der Waals surface area contributed by atoms with Crippen molar-refractivity contribution < 1.29 is 28.6 Å². The number of carbonyl (C=O) groups excluding carboxylic acids is 3. The molecule has 6 heteroatoms. The summed E-state index contributed by atoms with van der Waals surface area (Å²) in [6.07, 6.45) is 93.1. The van der Waals surface area contributed by atoms with Crippen LogP contribution in [-0.2, 0) is 28.6 Å². The van der Waals surface area contributed by atoms with Crippen molar-refractivity contribution in [3.8, 4) is 0 Å². The Morgan fingerprint density at radius 1 is 0.266 bits per heavy atom. The molecule has 0 radical (unpaired) electrons. The molecule has 0 rings (SSSR count). The van der Waals surface area contributed by atoms with Crippen LogP contribution in [0.2, 0.25) is 0 Å². The standard InChI is InChI=1S/C73H120O6/c1-4-7-10-13-16-19-22-25-28-31-33-34-35-36-37-38-39-40-41-43-45-48-51-54-57-60-63-66-72(75)78-69-70(68-77-71(74)65-62-59-56-53-50-47-44-30-27-24-21-18-15-12-9-6-3)79-73(76)67-64-61-58-55-52-49-46-42-32-29-26-23-20-17-14-11-8-5-2/h7,10,16,19,21,24-25,28-30,32-34,36-37,39-40,43-45,51,54,70H,4-6,8-9,11-15,17-18,20,22-23,26-27,31,35,38,41-42,46-50,52-53,55-69H2,1-3H3/b10-7-,19-16-,24-21-,28-25-,32-29-,34-33-,37-36-,40-39-,44-30-,45-43-,54-51-. The fraction of sp³-hybridized carbons (Fsp3) is 0.658. The summed E-state index contributed by atoms with van der Waals surface area (Å²) in [5.74, 6) is -0.963. The van der Waals surface area contributed by atoms with Gasteiger partial charge in [-0.3, -0.25) is 14.4 Å². The van der Waals surface area contributed by atoms with Crippen LogP contribution in [0.3, 0.4) is 0 Å². The summed E-state index contributed by atoms with van der Waals surface area (Å²) >= 11 is 0. The predicted molar refractivity (Wildman–Crippen MR) is 343 cm³/mol. The van der Waals surface area contributed by atoms with Crippen molar-refractivity contribution >= 4 is 17.9 Å². The van der Waals surface area contributed by atoms with E-state index in [-0.39, 0.29) is 31.1 Å². The van der Waals surface area contributed by atoms with Crippen LogP contribution >= 0.6 is 0 Å². The number of hydrogen-bond acceptors (Lipinski definition) is 6. The molecule has 0 amide bonds. The van der Waals surface area contributed by atoms with E-state index < -0.39 is 6.10 Å². The number of esters is 3. The molecule has 0 aromatic carbocycles. The van der Waals surface area contributed by atoms with Gasteiger partial charge in [-0.1, -0.05) is 264 Å². The maximum absolute atomic E-state index is 12.9. The maximum atomic E-state index is 12.9. The SMILES string of the molecule is CC/C=C\C/C=C\C/C=C\C/C=C\C/C=C\C/C=C\C/C=C\C/C=C\CCCCC(=O)OCC(COC(=O)CCCCCCC/C=C\C/C=C\CCCCCC)OC(=O)CCCCCCCCC/C=C\CCCCCCCCC. The van der Waals surface area contributed by atoms with Gasteiger partial charge in [-0.05, 0) is 141 Å². The van der Waals surface area contributed by atoms with E-state index in [0.29, 0.717) is 25.7 Å². The first-order valence-electron chi connectivity index (χ1n) is 32.7. The van der Waals surface area contributed by atoms with Crippen molar-refractivity contribution in [2.75, 3.05) is 13.2 Å². The minimum absolute atomic E-state index is 0.104. The summed E-state index contributed by atoms with van der Waals surface area (Å²) in [5, 5.41) is 0. The Hall–Kier alpha value is -4.45. The number of ether oxygens (including phenoxy) is 3. The zero-order chi connectivity index (χ0) is 57.1. The topological polar surface area (TPSA) is 78.9 Å². The molecule has 0 aliphatic carbocycles. The van der Waals surface area contributed by atoms with Crippen molar-refractivity contribution in [2.45, 2.75) is 297 Å². The van der Waals surface area contributed by atoms with Gasteiger partial charge in [0, 0.05) is 19.3 Å². The van der Waals surface area contributed by atoms with Crippen LogP contribution in [0.15, 0.2) is 134 Å². The summed E-state index contributed by atoms with van der Waals surface area (Å²) < 4.78 is 16.9. The number of carbonyl (C=O) groups is 3. The van der Waals surface area contributed by atoms with Crippen molar-refractivity contribution in [3.05, 3.63) is 134 Å². The van der Waals surface area contributed by atoms with Gasteiger partial charge in [0.15, 0.2) is 6.10 Å². The molecule has 1 unspecified atom stereocenters. The van der Waals surface area contributed by atoms with Crippen molar-refractivity contribution in [2.24, 2.45) is 0 Å². The molecule has 1 atom stereocenters. The van der Waals surface area contributed by atoms with E-state index in [1.807, 2.05) is 0 Å². The minimum atomic E-state index is -0.810. The molecule has 0 heterocycles. The molecule has 448 valence electrons. The van der Waals surface area contributed by atoms with Crippen molar-refractivity contribution in [1.82, 2.24) is 0 Å². The Morgan fingerprint density at radius 2 is 0.494 bits per heavy atom. The second-order valence-corrected chi connectivity index (χ2v) is 21.3. The van der Waals surface area contributed by atoms with Gasteiger partial charge < -0.3 is 14.2 Å². The minimum Gasteiger partial charge on any atom is -0.462 e. The Bertz CT molecular complexity index is 1680. The lowest BCUT2D eigenvalue weighted by molar-refractivity contribution is -0.167. The number of rotatable bonds is 58. The zero-order valence-corrected chi connectivity index (χ0v) is 51.3. The third-order valence-electron chi connectivity index (χ3n) is 13.6. The second kappa shape index (κ2) is 66.1. The number of hydrogen-bond donors (Lipinski definition) is 0. The summed E-state index contributed by atoms with van der Waals surface area (Å²) in [6.45, 7) is 6.47. The van der Waals surface area contributed by atoms with E-state index in [9.17, 15) is 14.4 Å². The Balaban J connectivity index is 4.48. The largest absolute Gasteiger partial charge is 0.462 e. The first kappa shape index (κ1) is 74.5. The number of allylic oxidation sites excluding steroid dienone is 22. The molecule has 0 fully saturated rings. The fourth-order valence-electron chi connectivity index (χ4n) is 8.72. The molecule has 0 spiro atoms. The van der Waals surface area contributed by atoms with Gasteiger partial charge in [-0.25, -0.2) is 0 Å². The lowest BCUT2D eigenvalue weighted by Crippen LogP contribution is -2.30. The third-order valence-corrected chi connectivity index (χ3v) is 13.6. The first-order chi connectivity index (χ1) is 39.0. The highest BCUT2D eigenvalue weighted by atomic mass is 16.6. The molecule has 0 aromatic rings. The average molecular weight is 1090 g/mol. The van der Waals surface area contributed by atoms with E-state index in [4.69, 9.17) is 14.2 Å². The van der Waals surface area contributed by atoms with E-state index in [0.717, 1.165) is 128 Å². The van der Waals surface area contributed by atoms with Gasteiger partial charge in [0.05, 0.1) is 0 Å². The summed E-state index contributed by atoms with van der Waals surface area (Å²) in [5.41, 5.74) is 0. The molecule has 0 N–H and O–H groups in total. The Morgan fingerprint density at radius 3 is 0.823 bits per heavy atom. The fourth-order valence-corrected chi connectivity index (χ4v) is 8.72. The van der Waals surface area contributed by atoms with E-state index >= 15 is 0 Å². The monoisotopic (exact) mass is 1090 g/mol. The van der Waals surface area contributed by atoms with Gasteiger partial charge >= 0.3 is 17.9 Å². The Labute approximate surface area is 487 Å². The highest BCUT2D eigenvalue weighted by Gasteiger charge is 2.19. The normalized spacial score (nSPS) is 13.0. The zero-order valence-electron chi connectivity index (χ0n) is 51.3. The molecule has 0 saturated heterocycles. The molecular weight excluding hydrogens is 973 g/mol. The molecular formula is C73H120O6. The average Bonchev–Trinajstić information content (AvgIpc) is 3.45. The molecule has 0 saturated carbocycles. The highest BCUT2D eigenvalue weighted by Crippen LogP contribution is 2.15. The van der Waals surface area contributed by atoms with Crippen LogP contribution in [0.5, 0.6) is 0 Å². The van der Waals surface area contributed by atoms with Gasteiger partial charge in [-0.15, -0.1) is 0 Å². The third kappa shape index (κ3) is 64.3. The second-order valence-electron chi connectivity index (χ2n) is 21.3. The van der Waals surface area contributed by atoms with Gasteiger partial charge in [-0.2, -0.15) is 0 Å². The molecule has 79 heavy (non-hydrogen) atoms. The predicted octanol–water partition coefficient (Wildman–Crippen LogP) is 22.5. The van der Waals surface area contributed by atoms with Crippen LogP contribution in [0.25, 0.3) is 0 Å². The molecule has 0 aliphatic rings. The smallest absolute Gasteiger partial charge is 0.306 e. The van der Waals surface area contributed by atoms with Crippen LogP contribution in [0, 0.1) is 0 Å². The summed E-state index contributed by atoms with van der Waals surface area (Å²) in [7, 11) is 0. The lowest BCUT2D eigenvalue weighted by atomic mass is 10.1. The van der Waals surface area contributed by atoms with Crippen molar-refractivity contribution in [3.63, 3.8) is 0 Å². The highest BCUT2D eigenvalue weighted by molar-refractivity contribution is 5.71. The van der Waals surface area contributed by atoms with Crippen LogP contribution < -0.4 is 0 Å². The van der Waals surface area contributed by atoms with Gasteiger partial charge in [0.1, 0.15) is 13.2 Å².